The van der Waals surface area contributed by atoms with Crippen LogP contribution < -0.4 is 20.4 Å². The predicted molar refractivity (Wildman–Crippen MR) is 179 cm³/mol. The van der Waals surface area contributed by atoms with Crippen LogP contribution in [0.2, 0.25) is 0 Å². The summed E-state index contributed by atoms with van der Waals surface area (Å²) in [5.41, 5.74) is 4.75. The van der Waals surface area contributed by atoms with E-state index in [2.05, 4.69) is 26.3 Å². The van der Waals surface area contributed by atoms with E-state index in [1.54, 1.807) is 30.6 Å². The quantitative estimate of drug-likeness (QED) is 0.0682. The Labute approximate surface area is 299 Å². The second kappa shape index (κ2) is 17.5. The summed E-state index contributed by atoms with van der Waals surface area (Å²) < 4.78 is 51.7. The van der Waals surface area contributed by atoms with Crippen molar-refractivity contribution < 1.29 is 47.3 Å². The number of halogens is 4. The van der Waals surface area contributed by atoms with Gasteiger partial charge in [-0.05, 0) is 54.3 Å². The third-order valence-electron chi connectivity index (χ3n) is 7.89. The molecule has 14 nitrogen and oxygen atoms in total. The molecule has 1 saturated heterocycles. The van der Waals surface area contributed by atoms with Gasteiger partial charge in [-0.15, -0.1) is 0 Å². The number of hydrogen-bond donors (Lipinski definition) is 5. The van der Waals surface area contributed by atoms with Crippen molar-refractivity contribution in [3.8, 4) is 45.9 Å². The number of ether oxygens (including phenoxy) is 1. The van der Waals surface area contributed by atoms with E-state index in [1.165, 1.54) is 43.1 Å². The molecule has 2 aromatic heterocycles. The van der Waals surface area contributed by atoms with Crippen LogP contribution in [0.1, 0.15) is 35.4 Å². The number of piperidine rings is 1. The van der Waals surface area contributed by atoms with Gasteiger partial charge in [-0.1, -0.05) is 12.1 Å². The Bertz CT molecular complexity index is 2070. The highest BCUT2D eigenvalue weighted by atomic mass is 19.4. The summed E-state index contributed by atoms with van der Waals surface area (Å²) in [6, 6.07) is 13.3. The van der Waals surface area contributed by atoms with Crippen molar-refractivity contribution in [2.75, 3.05) is 25.1 Å². The van der Waals surface area contributed by atoms with Gasteiger partial charge in [0.2, 0.25) is 0 Å². The van der Waals surface area contributed by atoms with Gasteiger partial charge in [0, 0.05) is 49.1 Å². The van der Waals surface area contributed by atoms with E-state index in [4.69, 9.17) is 19.8 Å². The number of nitrogens with zero attached hydrogens (tertiary/aromatic N) is 6. The van der Waals surface area contributed by atoms with E-state index in [-0.39, 0.29) is 28.7 Å². The average Bonchev–Trinajstić information content (AvgIpc) is 3.15. The highest BCUT2D eigenvalue weighted by Gasteiger charge is 2.38. The lowest BCUT2D eigenvalue weighted by Gasteiger charge is -2.34. The molecule has 0 bridgehead atoms. The van der Waals surface area contributed by atoms with Gasteiger partial charge in [-0.3, -0.25) is 20.0 Å². The van der Waals surface area contributed by atoms with Gasteiger partial charge in [0.1, 0.15) is 29.3 Å². The van der Waals surface area contributed by atoms with Crippen LogP contribution in [0.4, 0.5) is 23.4 Å². The fraction of sp³-hybridized carbons (Fsp3) is 0.229. The number of alkyl halides is 3. The Hall–Kier alpha value is -6.63. The maximum atomic E-state index is 14.8. The number of rotatable bonds is 9. The minimum atomic E-state index is -5.08. The molecule has 5 N–H and O–H groups in total. The average molecular weight is 735 g/mol. The first-order chi connectivity index (χ1) is 25.3. The Morgan fingerprint density at radius 2 is 1.74 bits per heavy atom. The first-order valence-corrected chi connectivity index (χ1v) is 15.5. The molecule has 4 aromatic rings. The van der Waals surface area contributed by atoms with Gasteiger partial charge < -0.3 is 25.2 Å². The zero-order valence-electron chi connectivity index (χ0n) is 27.7. The number of anilines is 1. The summed E-state index contributed by atoms with van der Waals surface area (Å²) in [7, 11) is 1.44. The number of benzene rings is 2. The third-order valence-corrected chi connectivity index (χ3v) is 7.89. The number of nitrogens with one attached hydrogen (secondary N) is 2. The van der Waals surface area contributed by atoms with Crippen molar-refractivity contribution >= 4 is 23.8 Å². The predicted octanol–water partition coefficient (Wildman–Crippen LogP) is 4.71. The fourth-order valence-electron chi connectivity index (χ4n) is 5.27. The molecular formula is C35H30F4N8O6. The molecule has 5 rings (SSSR count). The fourth-order valence-corrected chi connectivity index (χ4v) is 5.27. The number of pyridine rings is 1. The Kier molecular flexibility index (Phi) is 13.0. The maximum Gasteiger partial charge on any atom is 0.490 e. The molecule has 1 aliphatic heterocycles. The number of carbonyl (C=O) groups is 2. The van der Waals surface area contributed by atoms with E-state index >= 15 is 0 Å². The molecule has 53 heavy (non-hydrogen) atoms. The number of hydrogen-bond acceptors (Lipinski definition) is 12. The van der Waals surface area contributed by atoms with E-state index in [0.717, 1.165) is 24.6 Å². The minimum absolute atomic E-state index is 0.0973. The van der Waals surface area contributed by atoms with E-state index in [0.29, 0.717) is 53.4 Å². The Morgan fingerprint density at radius 3 is 2.28 bits per heavy atom. The molecule has 0 radical (unpaired) electrons. The molecule has 1 fully saturated rings. The van der Waals surface area contributed by atoms with Gasteiger partial charge in [0.25, 0.3) is 5.91 Å². The van der Waals surface area contributed by atoms with Crippen LogP contribution in [0.3, 0.4) is 0 Å². The number of hydroxylamine groups is 1. The van der Waals surface area contributed by atoms with Crippen molar-refractivity contribution in [3.63, 3.8) is 0 Å². The van der Waals surface area contributed by atoms with Crippen molar-refractivity contribution in [2.24, 2.45) is 0 Å². The molecule has 0 unspecified atom stereocenters. The summed E-state index contributed by atoms with van der Waals surface area (Å²) in [6.45, 7) is 1.69. The molecule has 18 heteroatoms. The number of methoxy groups -OCH3 is 1. The first-order valence-electron chi connectivity index (χ1n) is 15.5. The SMILES string of the molecule is COc1ccc(-c2cnc(N3CCC(NCc4cnc(/C=C/C(=O)NO)cn4)CC3)c(C#N)c2-c2ccc(C#N)c(F)c2)cc1O.O=C(O)C(F)(F)F. The number of aliphatic carboxylic acids is 1. The number of carbonyl (C=O) groups excluding carboxylic acids is 1. The van der Waals surface area contributed by atoms with Crippen LogP contribution in [-0.4, -0.2) is 74.7 Å². The number of amides is 1. The third kappa shape index (κ3) is 10.0. The van der Waals surface area contributed by atoms with E-state index in [9.17, 15) is 38.0 Å². The lowest BCUT2D eigenvalue weighted by Crippen LogP contribution is -2.43. The van der Waals surface area contributed by atoms with Crippen LogP contribution in [0.15, 0.2) is 61.1 Å². The zero-order chi connectivity index (χ0) is 38.7. The molecule has 0 saturated carbocycles. The smallest absolute Gasteiger partial charge is 0.490 e. The topological polar surface area (TPSA) is 218 Å². The van der Waals surface area contributed by atoms with Gasteiger partial charge in [-0.25, -0.2) is 19.6 Å². The first kappa shape index (κ1) is 39.2. The summed E-state index contributed by atoms with van der Waals surface area (Å²) in [6.07, 6.45) is 3.76. The molecule has 3 heterocycles. The Morgan fingerprint density at radius 1 is 1.04 bits per heavy atom. The molecule has 0 atom stereocenters. The van der Waals surface area contributed by atoms with Crippen molar-refractivity contribution in [1.82, 2.24) is 25.7 Å². The van der Waals surface area contributed by atoms with Gasteiger partial charge in [0.05, 0.1) is 36.5 Å². The highest BCUT2D eigenvalue weighted by molar-refractivity contribution is 5.91. The van der Waals surface area contributed by atoms with Crippen LogP contribution in [0.25, 0.3) is 28.3 Å². The number of nitriles is 2. The van der Waals surface area contributed by atoms with Crippen LogP contribution in [0, 0.1) is 28.5 Å². The summed E-state index contributed by atoms with van der Waals surface area (Å²) in [5, 5.41) is 49.3. The van der Waals surface area contributed by atoms with Crippen molar-refractivity contribution in [3.05, 3.63) is 89.4 Å². The summed E-state index contributed by atoms with van der Waals surface area (Å²) >= 11 is 0. The summed E-state index contributed by atoms with van der Waals surface area (Å²) in [5.74, 6) is -3.48. The monoisotopic (exact) mass is 734 g/mol. The molecular weight excluding hydrogens is 704 g/mol. The number of carboxylic acid groups (broad SMARTS) is 1. The minimum Gasteiger partial charge on any atom is -0.504 e. The zero-order valence-corrected chi connectivity index (χ0v) is 27.7. The molecule has 0 spiro atoms. The normalized spacial score (nSPS) is 13.0. The molecule has 1 aliphatic rings. The maximum absolute atomic E-state index is 14.8. The van der Waals surface area contributed by atoms with Crippen LogP contribution in [0.5, 0.6) is 11.5 Å². The lowest BCUT2D eigenvalue weighted by molar-refractivity contribution is -0.192. The highest BCUT2D eigenvalue weighted by Crippen LogP contribution is 2.41. The number of aromatic nitrogens is 3. The van der Waals surface area contributed by atoms with Gasteiger partial charge in [-0.2, -0.15) is 23.7 Å². The van der Waals surface area contributed by atoms with Gasteiger partial charge in [0.15, 0.2) is 11.5 Å². The standard InChI is InChI=1S/C33H29FN8O4.C2HF3O2/c1-46-30-6-4-20(13-29(30)43)27-19-40-33(26(15-36)32(27)21-2-3-22(14-35)28(34)12-21)42-10-8-23(9-11-42)37-17-25-18-38-24(16-39-25)5-7-31(44)41-45;3-2(4,5)1(6)7/h2-7,12-13,16,18-19,23,37,43,45H,8-11,17H2,1H3,(H,41,44);(H,6,7)/b7-5+;. The number of phenolic OH excluding ortho intramolecular Hbond substituents is 1. The van der Waals surface area contributed by atoms with E-state index < -0.39 is 23.9 Å². The molecule has 1 amide bonds. The number of phenols is 1. The van der Waals surface area contributed by atoms with Crippen molar-refractivity contribution in [2.45, 2.75) is 31.6 Å². The number of aromatic hydroxyl groups is 1. The molecule has 274 valence electrons. The second-order valence-corrected chi connectivity index (χ2v) is 11.2. The largest absolute Gasteiger partial charge is 0.504 e. The van der Waals surface area contributed by atoms with E-state index in [1.807, 2.05) is 11.0 Å². The van der Waals surface area contributed by atoms with Crippen LogP contribution in [-0.2, 0) is 16.1 Å². The van der Waals surface area contributed by atoms with Crippen LogP contribution >= 0.6 is 0 Å². The molecule has 2 aromatic carbocycles. The Balaban J connectivity index is 0.000000815. The van der Waals surface area contributed by atoms with Crippen molar-refractivity contribution in [1.29, 1.82) is 10.5 Å². The number of carboxylic acids is 1. The summed E-state index contributed by atoms with van der Waals surface area (Å²) in [4.78, 5) is 35.4. The van der Waals surface area contributed by atoms with Gasteiger partial charge >= 0.3 is 12.1 Å². The lowest BCUT2D eigenvalue weighted by atomic mass is 9.91. The second-order valence-electron chi connectivity index (χ2n) is 11.2. The molecule has 0 aliphatic carbocycles.